The molecule has 0 bridgehead atoms. The molecule has 3 N–H and O–H groups in total. The number of hydrogen-bond donors (Lipinski definition) is 2. The highest BCUT2D eigenvalue weighted by Gasteiger charge is 2.11. The van der Waals surface area contributed by atoms with E-state index in [1.807, 2.05) is 73.0 Å². The van der Waals surface area contributed by atoms with E-state index >= 15 is 0 Å². The minimum atomic E-state index is -0.329. The number of benzene rings is 2. The van der Waals surface area contributed by atoms with Crippen LogP contribution in [0.3, 0.4) is 0 Å². The molecule has 0 radical (unpaired) electrons. The maximum atomic E-state index is 6.08. The van der Waals surface area contributed by atoms with Crippen molar-refractivity contribution < 1.29 is 0 Å². The third kappa shape index (κ3) is 3.66. The normalized spacial score (nSPS) is 12.4. The van der Waals surface area contributed by atoms with Gasteiger partial charge in [0.2, 0.25) is 0 Å². The van der Waals surface area contributed by atoms with Gasteiger partial charge in [-0.2, -0.15) is 9.61 Å². The lowest BCUT2D eigenvalue weighted by Gasteiger charge is -2.12. The van der Waals surface area contributed by atoms with E-state index in [1.165, 1.54) is 0 Å². The molecule has 0 fully saturated rings. The Kier molecular flexibility index (Phi) is 5.07. The highest BCUT2D eigenvalue weighted by molar-refractivity contribution is 9.10. The molecule has 0 aliphatic carbocycles. The van der Waals surface area contributed by atoms with Crippen molar-refractivity contribution in [3.05, 3.63) is 71.3 Å². The fourth-order valence-corrected chi connectivity index (χ4v) is 3.83. The van der Waals surface area contributed by atoms with E-state index in [0.717, 1.165) is 37.8 Å². The Morgan fingerprint density at radius 2 is 1.85 bits per heavy atom. The second kappa shape index (κ2) is 7.64. The van der Waals surface area contributed by atoms with Crippen LogP contribution in [-0.4, -0.2) is 20.0 Å². The van der Waals surface area contributed by atoms with E-state index in [1.54, 1.807) is 10.7 Å². The fourth-order valence-electron chi connectivity index (χ4n) is 2.76. The summed E-state index contributed by atoms with van der Waals surface area (Å²) >= 11 is 3.54. The average molecular weight is 440 g/mol. The zero-order valence-electron chi connectivity index (χ0n) is 14.6. The van der Waals surface area contributed by atoms with E-state index in [-0.39, 0.29) is 10.7 Å². The summed E-state index contributed by atoms with van der Waals surface area (Å²) < 4.78 is 2.64. The topological polar surface area (TPSA) is 68.2 Å². The smallest absolute Gasteiger partial charge is 0.172 e. The Morgan fingerprint density at radius 3 is 2.56 bits per heavy atom. The Labute approximate surface area is 168 Å². The Hall–Kier alpha value is -2.48. The second-order valence-electron chi connectivity index (χ2n) is 5.88. The van der Waals surface area contributed by atoms with Gasteiger partial charge in [0.15, 0.2) is 5.65 Å². The van der Waals surface area contributed by atoms with Gasteiger partial charge in [0.25, 0.3) is 0 Å². The SMILES string of the molecule is C/C=S(\N)c1ccc(Nc2cc(-c3ccccc3)nc3c(Br)cnn23)cc1. The highest BCUT2D eigenvalue weighted by Crippen LogP contribution is 2.28. The summed E-state index contributed by atoms with van der Waals surface area (Å²) in [6.45, 7) is 1.98. The first-order chi connectivity index (χ1) is 13.2. The van der Waals surface area contributed by atoms with Crippen molar-refractivity contribution in [1.29, 1.82) is 0 Å². The van der Waals surface area contributed by atoms with Crippen LogP contribution in [0, 0.1) is 0 Å². The third-order valence-electron chi connectivity index (χ3n) is 4.15. The van der Waals surface area contributed by atoms with Crippen LogP contribution >= 0.6 is 26.6 Å². The first-order valence-corrected chi connectivity index (χ1v) is 10.5. The largest absolute Gasteiger partial charge is 0.340 e. The molecule has 2 aromatic carbocycles. The van der Waals surface area contributed by atoms with Gasteiger partial charge in [0.05, 0.1) is 16.4 Å². The monoisotopic (exact) mass is 439 g/mol. The molecule has 2 heterocycles. The number of nitrogens with two attached hydrogens (primary N) is 1. The van der Waals surface area contributed by atoms with Crippen LogP contribution in [0.2, 0.25) is 0 Å². The number of fused-ring (bicyclic) bond motifs is 1. The van der Waals surface area contributed by atoms with Crippen LogP contribution in [-0.2, 0) is 0 Å². The number of anilines is 2. The number of rotatable bonds is 4. The van der Waals surface area contributed by atoms with Gasteiger partial charge in [-0.1, -0.05) is 41.0 Å². The zero-order chi connectivity index (χ0) is 18.8. The summed E-state index contributed by atoms with van der Waals surface area (Å²) in [5.41, 5.74) is 3.66. The molecule has 4 aromatic rings. The molecule has 27 heavy (non-hydrogen) atoms. The molecule has 1 unspecified atom stereocenters. The summed E-state index contributed by atoms with van der Waals surface area (Å²) in [5.74, 6) is 0.839. The zero-order valence-corrected chi connectivity index (χ0v) is 17.0. The predicted octanol–water partition coefficient (Wildman–Crippen LogP) is 5.23. The van der Waals surface area contributed by atoms with Crippen LogP contribution in [0.4, 0.5) is 11.5 Å². The molecule has 0 aliphatic rings. The molecule has 136 valence electrons. The summed E-state index contributed by atoms with van der Waals surface area (Å²) in [5, 5.41) is 16.0. The average Bonchev–Trinajstić information content (AvgIpc) is 3.10. The summed E-state index contributed by atoms with van der Waals surface area (Å²) in [6.07, 6.45) is 1.75. The summed E-state index contributed by atoms with van der Waals surface area (Å²) in [6, 6.07) is 20.2. The molecular formula is C20H18BrN5S. The number of nitrogens with zero attached hydrogens (tertiary/aromatic N) is 3. The molecule has 0 spiro atoms. The number of halogens is 1. The Balaban J connectivity index is 1.76. The number of hydrogen-bond acceptors (Lipinski definition) is 4. The lowest BCUT2D eigenvalue weighted by molar-refractivity contribution is 0.949. The molecule has 0 saturated heterocycles. The number of aromatic nitrogens is 3. The van der Waals surface area contributed by atoms with E-state index in [4.69, 9.17) is 10.1 Å². The standard InChI is InChI=1S/C20H18BrN5S/c1-2-27(22)16-10-8-15(9-11-16)24-19-12-18(14-6-4-3-5-7-14)25-20-17(21)13-23-26(19)20/h2-13,24H,22H2,1H3. The Morgan fingerprint density at radius 1 is 1.11 bits per heavy atom. The first-order valence-electron chi connectivity index (χ1n) is 8.39. The van der Waals surface area contributed by atoms with Gasteiger partial charge in [-0.25, -0.2) is 4.98 Å². The van der Waals surface area contributed by atoms with Crippen molar-refractivity contribution in [3.63, 3.8) is 0 Å². The molecule has 1 atom stereocenters. The molecule has 0 amide bonds. The molecule has 5 nitrogen and oxygen atoms in total. The van der Waals surface area contributed by atoms with Gasteiger partial charge < -0.3 is 5.32 Å². The lowest BCUT2D eigenvalue weighted by Crippen LogP contribution is -2.02. The lowest BCUT2D eigenvalue weighted by atomic mass is 10.1. The molecule has 0 saturated carbocycles. The predicted molar refractivity (Wildman–Crippen MR) is 118 cm³/mol. The van der Waals surface area contributed by atoms with E-state index in [2.05, 4.69) is 26.3 Å². The first kappa shape index (κ1) is 17.9. The van der Waals surface area contributed by atoms with E-state index in [0.29, 0.717) is 0 Å². The molecular weight excluding hydrogens is 422 g/mol. The number of nitrogens with one attached hydrogen (secondary N) is 1. The maximum Gasteiger partial charge on any atom is 0.172 e. The van der Waals surface area contributed by atoms with Crippen molar-refractivity contribution in [1.82, 2.24) is 14.6 Å². The minimum Gasteiger partial charge on any atom is -0.340 e. The fraction of sp³-hybridized carbons (Fsp3) is 0.0500. The van der Waals surface area contributed by atoms with E-state index in [9.17, 15) is 0 Å². The van der Waals surface area contributed by atoms with Crippen LogP contribution in [0.25, 0.3) is 16.9 Å². The maximum absolute atomic E-state index is 6.08. The molecule has 0 aliphatic heterocycles. The van der Waals surface area contributed by atoms with Gasteiger partial charge in [0.1, 0.15) is 5.82 Å². The molecule has 7 heteroatoms. The summed E-state index contributed by atoms with van der Waals surface area (Å²) in [4.78, 5) is 5.86. The van der Waals surface area contributed by atoms with Crippen molar-refractivity contribution in [3.8, 4) is 11.3 Å². The van der Waals surface area contributed by atoms with Crippen molar-refractivity contribution in [2.75, 3.05) is 5.32 Å². The van der Waals surface area contributed by atoms with Crippen LogP contribution < -0.4 is 10.5 Å². The third-order valence-corrected chi connectivity index (χ3v) is 6.03. The summed E-state index contributed by atoms with van der Waals surface area (Å²) in [7, 11) is -0.329. The second-order valence-corrected chi connectivity index (χ2v) is 8.42. The Bertz CT molecular complexity index is 1120. The van der Waals surface area contributed by atoms with Crippen molar-refractivity contribution in [2.45, 2.75) is 11.8 Å². The minimum absolute atomic E-state index is 0.329. The molecule has 2 aromatic heterocycles. The highest BCUT2D eigenvalue weighted by atomic mass is 79.9. The van der Waals surface area contributed by atoms with Gasteiger partial charge in [-0.3, -0.25) is 5.14 Å². The van der Waals surface area contributed by atoms with Gasteiger partial charge in [-0.05, 0) is 52.5 Å². The molecule has 4 rings (SSSR count). The van der Waals surface area contributed by atoms with Crippen LogP contribution in [0.1, 0.15) is 6.92 Å². The van der Waals surface area contributed by atoms with Crippen molar-refractivity contribution >= 4 is 49.1 Å². The van der Waals surface area contributed by atoms with E-state index < -0.39 is 0 Å². The van der Waals surface area contributed by atoms with Crippen LogP contribution in [0.15, 0.2) is 76.2 Å². The van der Waals surface area contributed by atoms with Gasteiger partial charge >= 0.3 is 0 Å². The van der Waals surface area contributed by atoms with Gasteiger partial charge in [0, 0.05) is 22.2 Å². The quantitative estimate of drug-likeness (QED) is 0.427. The van der Waals surface area contributed by atoms with Crippen molar-refractivity contribution in [2.24, 2.45) is 5.14 Å². The van der Waals surface area contributed by atoms with Crippen LogP contribution in [0.5, 0.6) is 0 Å². The van der Waals surface area contributed by atoms with Gasteiger partial charge in [-0.15, -0.1) is 0 Å².